The predicted octanol–water partition coefficient (Wildman–Crippen LogP) is 1.99. The van der Waals surface area contributed by atoms with Gasteiger partial charge in [-0.1, -0.05) is 0 Å². The number of ether oxygens (including phenoxy) is 2. The first-order valence-corrected chi connectivity index (χ1v) is 5.16. The summed E-state index contributed by atoms with van der Waals surface area (Å²) >= 11 is 0.984. The van der Waals surface area contributed by atoms with Gasteiger partial charge in [-0.15, -0.1) is 0 Å². The van der Waals surface area contributed by atoms with Gasteiger partial charge in [0.25, 0.3) is 0 Å². The van der Waals surface area contributed by atoms with E-state index in [-0.39, 0.29) is 0 Å². The van der Waals surface area contributed by atoms with Gasteiger partial charge in [0.2, 0.25) is 0 Å². The van der Waals surface area contributed by atoms with Gasteiger partial charge in [0.15, 0.2) is 0 Å². The molecule has 0 radical (unpaired) electrons. The van der Waals surface area contributed by atoms with E-state index in [4.69, 9.17) is 14.7 Å². The van der Waals surface area contributed by atoms with Crippen LogP contribution in [0.1, 0.15) is 0 Å². The van der Waals surface area contributed by atoms with Crippen molar-refractivity contribution in [1.29, 1.82) is 5.26 Å². The molecule has 0 heterocycles. The molecule has 0 aliphatic rings. The largest absolute Gasteiger partial charge is 0.495 e. The lowest BCUT2D eigenvalue weighted by Gasteiger charge is -2.08. The zero-order valence-electron chi connectivity index (χ0n) is 8.81. The molecule has 0 aromatic heterocycles. The van der Waals surface area contributed by atoms with Gasteiger partial charge in [0.05, 0.1) is 12.0 Å². The van der Waals surface area contributed by atoms with Gasteiger partial charge in [0.1, 0.15) is 16.9 Å². The van der Waals surface area contributed by atoms with E-state index >= 15 is 0 Å². The second-order valence-electron chi connectivity index (χ2n) is 2.65. The monoisotopic (exact) mass is 238 g/mol. The molecule has 0 unspecified atom stereocenters. The molecule has 0 saturated carbocycles. The summed E-state index contributed by atoms with van der Waals surface area (Å²) in [5, 5.41) is 12.8. The molecule has 0 saturated heterocycles. The van der Waals surface area contributed by atoms with E-state index in [2.05, 4.69) is 5.32 Å². The Kier molecular flexibility index (Phi) is 4.48. The second-order valence-corrected chi connectivity index (χ2v) is 3.47. The first kappa shape index (κ1) is 12.2. The van der Waals surface area contributed by atoms with Crippen molar-refractivity contribution in [3.8, 4) is 16.9 Å². The van der Waals surface area contributed by atoms with E-state index in [1.165, 1.54) is 14.2 Å². The number of nitrogens with zero attached hydrogens (tertiary/aromatic N) is 1. The van der Waals surface area contributed by atoms with Crippen molar-refractivity contribution in [3.63, 3.8) is 0 Å². The van der Waals surface area contributed by atoms with Crippen LogP contribution in [0.3, 0.4) is 0 Å². The highest BCUT2D eigenvalue weighted by Gasteiger charge is 2.08. The quantitative estimate of drug-likeness (QED) is 0.644. The lowest BCUT2D eigenvalue weighted by Crippen LogP contribution is -2.21. The average Bonchev–Trinajstić information content (AvgIpc) is 2.31. The molecular weight excluding hydrogens is 228 g/mol. The Morgan fingerprint density at radius 2 is 2.31 bits per heavy atom. The highest BCUT2D eigenvalue weighted by atomic mass is 32.2. The fourth-order valence-corrected chi connectivity index (χ4v) is 1.48. The fraction of sp³-hybridized carbons (Fsp3) is 0.200. The molecule has 0 bridgehead atoms. The van der Waals surface area contributed by atoms with E-state index in [9.17, 15) is 4.79 Å². The minimum Gasteiger partial charge on any atom is -0.495 e. The molecule has 5 nitrogen and oxygen atoms in total. The molecule has 1 aromatic rings. The number of thioether (sulfide) groups is 1. The number of nitriles is 1. The van der Waals surface area contributed by atoms with Crippen molar-refractivity contribution in [2.75, 3.05) is 14.2 Å². The number of hydrogen-bond donors (Lipinski definition) is 1. The normalized spacial score (nSPS) is 9.06. The number of benzene rings is 1. The topological polar surface area (TPSA) is 71.3 Å². The Balaban J connectivity index is 2.91. The molecule has 0 aliphatic heterocycles. The van der Waals surface area contributed by atoms with Gasteiger partial charge in [0, 0.05) is 13.1 Å². The number of amides is 1. The summed E-state index contributed by atoms with van der Waals surface area (Å²) in [5.74, 6) is 0.853. The maximum absolute atomic E-state index is 11.0. The van der Waals surface area contributed by atoms with Crippen LogP contribution >= 0.6 is 11.8 Å². The Bertz CT molecular complexity index is 429. The summed E-state index contributed by atoms with van der Waals surface area (Å²) in [4.78, 5) is 11.6. The van der Waals surface area contributed by atoms with Crippen LogP contribution in [-0.4, -0.2) is 20.3 Å². The van der Waals surface area contributed by atoms with Gasteiger partial charge < -0.3 is 14.8 Å². The Morgan fingerprint density at radius 1 is 1.56 bits per heavy atom. The van der Waals surface area contributed by atoms with Crippen molar-refractivity contribution >= 4 is 17.9 Å². The Morgan fingerprint density at radius 3 is 2.88 bits per heavy atom. The van der Waals surface area contributed by atoms with Crippen LogP contribution in [0.25, 0.3) is 0 Å². The van der Waals surface area contributed by atoms with Gasteiger partial charge in [-0.25, -0.2) is 4.79 Å². The minimum atomic E-state index is -0.553. The van der Waals surface area contributed by atoms with Crippen molar-refractivity contribution in [3.05, 3.63) is 18.2 Å². The van der Waals surface area contributed by atoms with Crippen LogP contribution in [0.4, 0.5) is 4.79 Å². The third kappa shape index (κ3) is 3.07. The molecule has 0 spiro atoms. The smallest absolute Gasteiger partial charge is 0.412 e. The lowest BCUT2D eigenvalue weighted by molar-refractivity contribution is 0.202. The number of carbonyl (C=O) groups excluding carboxylic acids is 1. The highest BCUT2D eigenvalue weighted by Crippen LogP contribution is 2.32. The molecule has 1 aromatic carbocycles. The minimum absolute atomic E-state index is 0.360. The standard InChI is InChI=1S/C10H10N2O3S/c1-12-10(13)15-7-3-4-9(16-6-11)8(5-7)14-2/h3-5H,1-2H3,(H,12,13). The van der Waals surface area contributed by atoms with Gasteiger partial charge >= 0.3 is 6.09 Å². The Hall–Kier alpha value is -1.87. The van der Waals surface area contributed by atoms with Crippen LogP contribution in [0, 0.1) is 10.7 Å². The molecule has 16 heavy (non-hydrogen) atoms. The summed E-state index contributed by atoms with van der Waals surface area (Å²) in [6.07, 6.45) is -0.553. The van der Waals surface area contributed by atoms with Gasteiger partial charge in [-0.3, -0.25) is 0 Å². The van der Waals surface area contributed by atoms with E-state index in [1.807, 2.05) is 5.40 Å². The third-order valence-corrected chi connectivity index (χ3v) is 2.35. The average molecular weight is 238 g/mol. The maximum Gasteiger partial charge on any atom is 0.412 e. The number of hydrogen-bond acceptors (Lipinski definition) is 5. The number of thiocyanates is 1. The number of carbonyl (C=O) groups is 1. The van der Waals surface area contributed by atoms with E-state index in [0.29, 0.717) is 16.4 Å². The van der Waals surface area contributed by atoms with Crippen molar-refractivity contribution in [2.24, 2.45) is 0 Å². The van der Waals surface area contributed by atoms with Crippen LogP contribution in [0.5, 0.6) is 11.5 Å². The zero-order chi connectivity index (χ0) is 12.0. The third-order valence-electron chi connectivity index (χ3n) is 1.71. The summed E-state index contributed by atoms with van der Waals surface area (Å²) in [6.45, 7) is 0. The molecule has 0 atom stereocenters. The molecular formula is C10H10N2O3S. The molecule has 0 fully saturated rings. The fourth-order valence-electron chi connectivity index (χ4n) is 1.00. The first-order valence-electron chi connectivity index (χ1n) is 4.34. The van der Waals surface area contributed by atoms with Crippen LogP contribution < -0.4 is 14.8 Å². The van der Waals surface area contributed by atoms with Crippen LogP contribution in [0.15, 0.2) is 23.1 Å². The first-order chi connectivity index (χ1) is 7.71. The molecule has 1 rings (SSSR count). The van der Waals surface area contributed by atoms with Crippen molar-refractivity contribution < 1.29 is 14.3 Å². The number of rotatable bonds is 3. The maximum atomic E-state index is 11.0. The predicted molar refractivity (Wildman–Crippen MR) is 59.5 cm³/mol. The van der Waals surface area contributed by atoms with Gasteiger partial charge in [-0.2, -0.15) is 5.26 Å². The van der Waals surface area contributed by atoms with Crippen molar-refractivity contribution in [1.82, 2.24) is 5.32 Å². The van der Waals surface area contributed by atoms with E-state index in [1.54, 1.807) is 18.2 Å². The molecule has 0 aliphatic carbocycles. The summed E-state index contributed by atoms with van der Waals surface area (Å²) in [7, 11) is 2.96. The summed E-state index contributed by atoms with van der Waals surface area (Å²) < 4.78 is 9.99. The summed E-state index contributed by atoms with van der Waals surface area (Å²) in [5.41, 5.74) is 0. The van der Waals surface area contributed by atoms with E-state index in [0.717, 1.165) is 11.8 Å². The number of nitrogens with one attached hydrogen (secondary N) is 1. The van der Waals surface area contributed by atoms with E-state index < -0.39 is 6.09 Å². The zero-order valence-corrected chi connectivity index (χ0v) is 9.63. The van der Waals surface area contributed by atoms with Gasteiger partial charge in [-0.05, 0) is 23.9 Å². The molecule has 1 N–H and O–H groups in total. The highest BCUT2D eigenvalue weighted by molar-refractivity contribution is 8.03. The second kappa shape index (κ2) is 5.88. The lowest BCUT2D eigenvalue weighted by atomic mass is 10.3. The number of methoxy groups -OCH3 is 1. The Labute approximate surface area is 97.3 Å². The SMILES string of the molecule is CNC(=O)Oc1ccc(SC#N)c(OC)c1. The van der Waals surface area contributed by atoms with Crippen LogP contribution in [-0.2, 0) is 0 Å². The van der Waals surface area contributed by atoms with Crippen LogP contribution in [0.2, 0.25) is 0 Å². The van der Waals surface area contributed by atoms with Crippen molar-refractivity contribution in [2.45, 2.75) is 4.90 Å². The molecule has 6 heteroatoms. The molecule has 1 amide bonds. The summed E-state index contributed by atoms with van der Waals surface area (Å²) in [6, 6.07) is 4.80. The molecule has 84 valence electrons.